The van der Waals surface area contributed by atoms with E-state index in [0.717, 1.165) is 44.9 Å². The van der Waals surface area contributed by atoms with E-state index in [-0.39, 0.29) is 12.1 Å². The van der Waals surface area contributed by atoms with Crippen LogP contribution in [0.25, 0.3) is 0 Å². The van der Waals surface area contributed by atoms with E-state index in [1.165, 1.54) is 6.42 Å². The molecule has 0 aromatic carbocycles. The zero-order valence-electron chi connectivity index (χ0n) is 12.1. The minimum atomic E-state index is -0.186. The van der Waals surface area contributed by atoms with Crippen LogP contribution in [0.4, 0.5) is 0 Å². The highest BCUT2D eigenvalue weighted by molar-refractivity contribution is 4.81. The van der Waals surface area contributed by atoms with Gasteiger partial charge in [0.05, 0.1) is 6.61 Å². The largest absolute Gasteiger partial charge is 0.394 e. The van der Waals surface area contributed by atoms with Gasteiger partial charge in [0.15, 0.2) is 0 Å². The molecule has 0 aliphatic rings. The molecule has 104 valence electrons. The van der Waals surface area contributed by atoms with Gasteiger partial charge in [-0.05, 0) is 45.1 Å². The van der Waals surface area contributed by atoms with Crippen LogP contribution in [0.3, 0.4) is 0 Å². The standard InChI is InChI=1S/C14H31NO2/c1-5-9-15-14(4,12-16)8-11-17-10-6-7-13(2)3/h13,15-16H,5-12H2,1-4H3. The first-order valence-electron chi connectivity index (χ1n) is 6.97. The highest BCUT2D eigenvalue weighted by Crippen LogP contribution is 2.09. The molecule has 0 fully saturated rings. The van der Waals surface area contributed by atoms with Gasteiger partial charge in [-0.15, -0.1) is 0 Å². The fourth-order valence-corrected chi connectivity index (χ4v) is 1.64. The lowest BCUT2D eigenvalue weighted by Gasteiger charge is -2.28. The third-order valence-corrected chi connectivity index (χ3v) is 3.02. The summed E-state index contributed by atoms with van der Waals surface area (Å²) in [6.07, 6.45) is 4.32. The highest BCUT2D eigenvalue weighted by atomic mass is 16.5. The second-order valence-corrected chi connectivity index (χ2v) is 5.54. The van der Waals surface area contributed by atoms with Gasteiger partial charge in [0.25, 0.3) is 0 Å². The number of aliphatic hydroxyl groups excluding tert-OH is 1. The van der Waals surface area contributed by atoms with Gasteiger partial charge in [0.2, 0.25) is 0 Å². The van der Waals surface area contributed by atoms with Crippen LogP contribution in [0.5, 0.6) is 0 Å². The molecule has 0 aliphatic heterocycles. The molecule has 2 N–H and O–H groups in total. The van der Waals surface area contributed by atoms with E-state index in [4.69, 9.17) is 4.74 Å². The van der Waals surface area contributed by atoms with Crippen LogP contribution >= 0.6 is 0 Å². The Morgan fingerprint density at radius 1 is 1.29 bits per heavy atom. The molecule has 1 atom stereocenters. The van der Waals surface area contributed by atoms with E-state index in [2.05, 4.69) is 33.0 Å². The summed E-state index contributed by atoms with van der Waals surface area (Å²) in [6.45, 7) is 11.3. The second kappa shape index (κ2) is 9.86. The molecule has 0 amide bonds. The minimum absolute atomic E-state index is 0.169. The van der Waals surface area contributed by atoms with Crippen molar-refractivity contribution in [3.8, 4) is 0 Å². The Morgan fingerprint density at radius 2 is 2.00 bits per heavy atom. The van der Waals surface area contributed by atoms with Crippen molar-refractivity contribution in [2.75, 3.05) is 26.4 Å². The van der Waals surface area contributed by atoms with Gasteiger partial charge in [-0.3, -0.25) is 0 Å². The maximum Gasteiger partial charge on any atom is 0.0611 e. The zero-order valence-corrected chi connectivity index (χ0v) is 12.1. The van der Waals surface area contributed by atoms with Crippen molar-refractivity contribution >= 4 is 0 Å². The number of ether oxygens (including phenoxy) is 1. The van der Waals surface area contributed by atoms with Crippen molar-refractivity contribution < 1.29 is 9.84 Å². The Morgan fingerprint density at radius 3 is 2.53 bits per heavy atom. The van der Waals surface area contributed by atoms with Gasteiger partial charge in [-0.25, -0.2) is 0 Å². The number of hydrogen-bond donors (Lipinski definition) is 2. The van der Waals surface area contributed by atoms with Gasteiger partial charge < -0.3 is 15.2 Å². The Hall–Kier alpha value is -0.120. The van der Waals surface area contributed by atoms with Crippen LogP contribution < -0.4 is 5.32 Å². The summed E-state index contributed by atoms with van der Waals surface area (Å²) in [4.78, 5) is 0. The van der Waals surface area contributed by atoms with E-state index in [0.29, 0.717) is 0 Å². The molecular formula is C14H31NO2. The summed E-state index contributed by atoms with van der Waals surface area (Å²) in [7, 11) is 0. The first-order chi connectivity index (χ1) is 8.04. The molecule has 3 nitrogen and oxygen atoms in total. The summed E-state index contributed by atoms with van der Waals surface area (Å²) in [5, 5.41) is 12.7. The van der Waals surface area contributed by atoms with E-state index in [1.807, 2.05) is 0 Å². The number of rotatable bonds is 11. The molecule has 3 heteroatoms. The van der Waals surface area contributed by atoms with Crippen LogP contribution in [0.15, 0.2) is 0 Å². The molecule has 0 bridgehead atoms. The van der Waals surface area contributed by atoms with Crippen LogP contribution in [-0.4, -0.2) is 37.0 Å². The number of nitrogens with one attached hydrogen (secondary N) is 1. The van der Waals surface area contributed by atoms with Gasteiger partial charge >= 0.3 is 0 Å². The fourth-order valence-electron chi connectivity index (χ4n) is 1.64. The van der Waals surface area contributed by atoms with Gasteiger partial charge in [-0.1, -0.05) is 20.8 Å². The maximum atomic E-state index is 9.37. The average molecular weight is 245 g/mol. The molecule has 0 aromatic heterocycles. The van der Waals surface area contributed by atoms with Crippen molar-refractivity contribution in [2.24, 2.45) is 5.92 Å². The van der Waals surface area contributed by atoms with E-state index in [9.17, 15) is 5.11 Å². The third kappa shape index (κ3) is 9.57. The normalized spacial score (nSPS) is 15.2. The van der Waals surface area contributed by atoms with E-state index in [1.54, 1.807) is 0 Å². The monoisotopic (exact) mass is 245 g/mol. The van der Waals surface area contributed by atoms with Gasteiger partial charge in [-0.2, -0.15) is 0 Å². The third-order valence-electron chi connectivity index (χ3n) is 3.02. The number of aliphatic hydroxyl groups is 1. The zero-order chi connectivity index (χ0) is 13.1. The predicted octanol–water partition coefficient (Wildman–Crippen LogP) is 2.58. The Kier molecular flexibility index (Phi) is 9.79. The van der Waals surface area contributed by atoms with E-state index < -0.39 is 0 Å². The lowest BCUT2D eigenvalue weighted by Crippen LogP contribution is -2.46. The highest BCUT2D eigenvalue weighted by Gasteiger charge is 2.21. The van der Waals surface area contributed by atoms with Crippen LogP contribution in [0.1, 0.15) is 53.4 Å². The lowest BCUT2D eigenvalue weighted by molar-refractivity contribution is 0.0838. The Bertz CT molecular complexity index is 174. The van der Waals surface area contributed by atoms with E-state index >= 15 is 0 Å². The summed E-state index contributed by atoms with van der Waals surface area (Å²) in [5.41, 5.74) is -0.186. The average Bonchev–Trinajstić information content (AvgIpc) is 2.30. The lowest BCUT2D eigenvalue weighted by atomic mass is 9.99. The molecule has 0 saturated heterocycles. The van der Waals surface area contributed by atoms with Crippen LogP contribution in [0.2, 0.25) is 0 Å². The van der Waals surface area contributed by atoms with Crippen LogP contribution in [0, 0.1) is 5.92 Å². The topological polar surface area (TPSA) is 41.5 Å². The predicted molar refractivity (Wildman–Crippen MR) is 73.3 cm³/mol. The first kappa shape index (κ1) is 16.9. The molecular weight excluding hydrogens is 214 g/mol. The molecule has 0 heterocycles. The summed E-state index contributed by atoms with van der Waals surface area (Å²) >= 11 is 0. The quantitative estimate of drug-likeness (QED) is 0.550. The molecule has 0 aromatic rings. The van der Waals surface area contributed by atoms with Crippen molar-refractivity contribution in [1.82, 2.24) is 5.32 Å². The summed E-state index contributed by atoms with van der Waals surface area (Å²) < 4.78 is 5.61. The Balaban J connectivity index is 3.55. The maximum absolute atomic E-state index is 9.37. The second-order valence-electron chi connectivity index (χ2n) is 5.54. The van der Waals surface area contributed by atoms with Crippen LogP contribution in [-0.2, 0) is 4.74 Å². The molecule has 0 spiro atoms. The van der Waals surface area contributed by atoms with Crippen molar-refractivity contribution in [2.45, 2.75) is 58.9 Å². The van der Waals surface area contributed by atoms with Crippen molar-refractivity contribution in [3.63, 3.8) is 0 Å². The summed E-state index contributed by atoms with van der Waals surface area (Å²) in [5.74, 6) is 0.757. The summed E-state index contributed by atoms with van der Waals surface area (Å²) in [6, 6.07) is 0. The molecule has 0 rings (SSSR count). The first-order valence-corrected chi connectivity index (χ1v) is 6.97. The van der Waals surface area contributed by atoms with Crippen molar-refractivity contribution in [3.05, 3.63) is 0 Å². The number of hydrogen-bond acceptors (Lipinski definition) is 3. The smallest absolute Gasteiger partial charge is 0.0611 e. The molecule has 0 saturated carbocycles. The molecule has 17 heavy (non-hydrogen) atoms. The SMILES string of the molecule is CCCNC(C)(CO)CCOCCCC(C)C. The van der Waals surface area contributed by atoms with Gasteiger partial charge in [0, 0.05) is 18.8 Å². The minimum Gasteiger partial charge on any atom is -0.394 e. The fraction of sp³-hybridized carbons (Fsp3) is 1.00. The Labute approximate surface area is 107 Å². The van der Waals surface area contributed by atoms with Crippen molar-refractivity contribution in [1.29, 1.82) is 0 Å². The molecule has 1 unspecified atom stereocenters. The molecule has 0 aliphatic carbocycles. The molecule has 0 radical (unpaired) electrons. The van der Waals surface area contributed by atoms with Gasteiger partial charge in [0.1, 0.15) is 0 Å².